The third-order valence-corrected chi connectivity index (χ3v) is 3.63. The number of carbonyl (C=O) groups is 2. The van der Waals surface area contributed by atoms with Gasteiger partial charge in [-0.1, -0.05) is 0 Å². The molecule has 2 aromatic rings. The van der Waals surface area contributed by atoms with Gasteiger partial charge in [0.2, 0.25) is 0 Å². The van der Waals surface area contributed by atoms with E-state index in [0.29, 0.717) is 18.8 Å². The van der Waals surface area contributed by atoms with E-state index in [0.717, 1.165) is 0 Å². The standard InChI is InChI=1S/C15H15FN4O2/c1-2-19-8-7-17-13(19)14(21)18-12-9-20(15(12)22)11-5-3-10(16)4-6-11/h3-8,12H,2,9H2,1H3,(H,18,21). The van der Waals surface area contributed by atoms with Crippen LogP contribution in [0.3, 0.4) is 0 Å². The molecule has 0 radical (unpaired) electrons. The molecule has 0 spiro atoms. The van der Waals surface area contributed by atoms with Gasteiger partial charge in [0.25, 0.3) is 11.8 Å². The highest BCUT2D eigenvalue weighted by Gasteiger charge is 2.39. The molecule has 1 fully saturated rings. The first-order chi connectivity index (χ1) is 10.6. The van der Waals surface area contributed by atoms with Crippen LogP contribution in [-0.2, 0) is 11.3 Å². The molecule has 2 amide bonds. The summed E-state index contributed by atoms with van der Waals surface area (Å²) in [7, 11) is 0. The number of nitrogens with zero attached hydrogens (tertiary/aromatic N) is 3. The van der Waals surface area contributed by atoms with Crippen molar-refractivity contribution in [3.8, 4) is 0 Å². The molecule has 0 bridgehead atoms. The maximum absolute atomic E-state index is 12.9. The molecule has 1 aliphatic rings. The van der Waals surface area contributed by atoms with Crippen LogP contribution in [0.5, 0.6) is 0 Å². The van der Waals surface area contributed by atoms with Crippen molar-refractivity contribution in [3.05, 3.63) is 48.3 Å². The summed E-state index contributed by atoms with van der Waals surface area (Å²) in [6, 6.07) is 5.10. The van der Waals surface area contributed by atoms with Crippen molar-refractivity contribution >= 4 is 17.5 Å². The van der Waals surface area contributed by atoms with E-state index in [9.17, 15) is 14.0 Å². The third kappa shape index (κ3) is 2.45. The molecule has 1 aromatic carbocycles. The number of halogens is 1. The Bertz CT molecular complexity index is 711. The molecule has 114 valence electrons. The lowest BCUT2D eigenvalue weighted by Crippen LogP contribution is -2.64. The van der Waals surface area contributed by atoms with Gasteiger partial charge in [0.15, 0.2) is 5.82 Å². The Labute approximate surface area is 126 Å². The maximum atomic E-state index is 12.9. The highest BCUT2D eigenvalue weighted by atomic mass is 19.1. The highest BCUT2D eigenvalue weighted by Crippen LogP contribution is 2.22. The van der Waals surface area contributed by atoms with E-state index in [-0.39, 0.29) is 23.5 Å². The lowest BCUT2D eigenvalue weighted by atomic mass is 10.1. The lowest BCUT2D eigenvalue weighted by molar-refractivity contribution is -0.124. The maximum Gasteiger partial charge on any atom is 0.287 e. The van der Waals surface area contributed by atoms with Crippen molar-refractivity contribution in [1.29, 1.82) is 0 Å². The molecule has 7 heteroatoms. The molecule has 1 saturated heterocycles. The Hall–Kier alpha value is -2.70. The van der Waals surface area contributed by atoms with E-state index in [2.05, 4.69) is 10.3 Å². The molecule has 3 rings (SSSR count). The van der Waals surface area contributed by atoms with Gasteiger partial charge in [0, 0.05) is 24.6 Å². The number of hydrogen-bond acceptors (Lipinski definition) is 3. The SMILES string of the molecule is CCn1ccnc1C(=O)NC1CN(c2ccc(F)cc2)C1=O. The van der Waals surface area contributed by atoms with Crippen molar-refractivity contribution < 1.29 is 14.0 Å². The first-order valence-corrected chi connectivity index (χ1v) is 6.99. The quantitative estimate of drug-likeness (QED) is 0.863. The molecule has 1 unspecified atom stereocenters. The lowest BCUT2D eigenvalue weighted by Gasteiger charge is -2.38. The fourth-order valence-electron chi connectivity index (χ4n) is 2.38. The predicted octanol–water partition coefficient (Wildman–Crippen LogP) is 1.19. The van der Waals surface area contributed by atoms with E-state index in [1.54, 1.807) is 17.0 Å². The van der Waals surface area contributed by atoms with E-state index in [1.165, 1.54) is 29.2 Å². The summed E-state index contributed by atoms with van der Waals surface area (Å²) < 4.78 is 14.6. The van der Waals surface area contributed by atoms with Gasteiger partial charge < -0.3 is 14.8 Å². The van der Waals surface area contributed by atoms with Gasteiger partial charge in [-0.2, -0.15) is 0 Å². The van der Waals surface area contributed by atoms with Gasteiger partial charge >= 0.3 is 0 Å². The number of amides is 2. The Morgan fingerprint density at radius 1 is 1.41 bits per heavy atom. The second-order valence-corrected chi connectivity index (χ2v) is 4.99. The first kappa shape index (κ1) is 14.2. The van der Waals surface area contributed by atoms with Gasteiger partial charge in [0.1, 0.15) is 11.9 Å². The van der Waals surface area contributed by atoms with Crippen LogP contribution in [0.25, 0.3) is 0 Å². The zero-order chi connectivity index (χ0) is 15.7. The monoisotopic (exact) mass is 302 g/mol. The number of rotatable bonds is 4. The number of carbonyl (C=O) groups excluding carboxylic acids is 2. The third-order valence-electron chi connectivity index (χ3n) is 3.63. The summed E-state index contributed by atoms with van der Waals surface area (Å²) in [5, 5.41) is 2.67. The van der Waals surface area contributed by atoms with E-state index in [1.807, 2.05) is 6.92 Å². The van der Waals surface area contributed by atoms with Crippen LogP contribution in [0, 0.1) is 5.82 Å². The number of anilines is 1. The summed E-state index contributed by atoms with van der Waals surface area (Å²) in [4.78, 5) is 29.7. The van der Waals surface area contributed by atoms with Crippen molar-refractivity contribution in [2.75, 3.05) is 11.4 Å². The summed E-state index contributed by atoms with van der Waals surface area (Å²) in [5.74, 6) is -0.651. The van der Waals surface area contributed by atoms with Crippen LogP contribution in [-0.4, -0.2) is 34.0 Å². The summed E-state index contributed by atoms with van der Waals surface area (Å²) >= 11 is 0. The predicted molar refractivity (Wildman–Crippen MR) is 77.9 cm³/mol. The molecule has 1 atom stereocenters. The Morgan fingerprint density at radius 2 is 2.14 bits per heavy atom. The van der Waals surface area contributed by atoms with Crippen LogP contribution in [0.4, 0.5) is 10.1 Å². The van der Waals surface area contributed by atoms with E-state index in [4.69, 9.17) is 0 Å². The van der Waals surface area contributed by atoms with Crippen molar-refractivity contribution in [2.45, 2.75) is 19.5 Å². The first-order valence-electron chi connectivity index (χ1n) is 6.99. The molecular weight excluding hydrogens is 287 g/mol. The highest BCUT2D eigenvalue weighted by molar-refractivity contribution is 6.07. The van der Waals surface area contributed by atoms with Crippen LogP contribution < -0.4 is 10.2 Å². The van der Waals surface area contributed by atoms with Crippen LogP contribution in [0.1, 0.15) is 17.5 Å². The average molecular weight is 302 g/mol. The average Bonchev–Trinajstić information content (AvgIpc) is 3.00. The van der Waals surface area contributed by atoms with E-state index < -0.39 is 6.04 Å². The van der Waals surface area contributed by atoms with Crippen LogP contribution >= 0.6 is 0 Å². The molecule has 1 N–H and O–H groups in total. The minimum absolute atomic E-state index is 0.213. The molecule has 6 nitrogen and oxygen atoms in total. The number of hydrogen-bond donors (Lipinski definition) is 1. The number of aromatic nitrogens is 2. The minimum atomic E-state index is -0.570. The van der Waals surface area contributed by atoms with Crippen LogP contribution in [0.2, 0.25) is 0 Å². The van der Waals surface area contributed by atoms with Gasteiger partial charge in [-0.3, -0.25) is 9.59 Å². The number of benzene rings is 1. The number of β-lactam (4-membered cyclic amide) rings is 1. The molecule has 1 aromatic heterocycles. The van der Waals surface area contributed by atoms with Crippen LogP contribution in [0.15, 0.2) is 36.7 Å². The van der Waals surface area contributed by atoms with Gasteiger partial charge in [-0.25, -0.2) is 9.37 Å². The zero-order valence-corrected chi connectivity index (χ0v) is 12.0. The molecular formula is C15H15FN4O2. The Balaban J connectivity index is 1.63. The number of imidazole rings is 1. The second-order valence-electron chi connectivity index (χ2n) is 4.99. The fourth-order valence-corrected chi connectivity index (χ4v) is 2.38. The molecule has 0 saturated carbocycles. The normalized spacial score (nSPS) is 17.3. The molecule has 2 heterocycles. The second kappa shape index (κ2) is 5.59. The fraction of sp³-hybridized carbons (Fsp3) is 0.267. The molecule has 0 aliphatic carbocycles. The Kier molecular flexibility index (Phi) is 3.62. The summed E-state index contributed by atoms with van der Waals surface area (Å²) in [6.07, 6.45) is 3.26. The summed E-state index contributed by atoms with van der Waals surface area (Å²) in [6.45, 7) is 2.90. The van der Waals surface area contributed by atoms with Gasteiger partial charge in [-0.05, 0) is 31.2 Å². The largest absolute Gasteiger partial charge is 0.336 e. The van der Waals surface area contributed by atoms with Crippen molar-refractivity contribution in [1.82, 2.24) is 14.9 Å². The molecule has 1 aliphatic heterocycles. The van der Waals surface area contributed by atoms with E-state index >= 15 is 0 Å². The smallest absolute Gasteiger partial charge is 0.287 e. The van der Waals surface area contributed by atoms with Gasteiger partial charge in [-0.15, -0.1) is 0 Å². The zero-order valence-electron chi connectivity index (χ0n) is 12.0. The topological polar surface area (TPSA) is 67.2 Å². The number of aryl methyl sites for hydroxylation is 1. The molecule has 22 heavy (non-hydrogen) atoms. The van der Waals surface area contributed by atoms with Gasteiger partial charge in [0.05, 0.1) is 6.54 Å². The summed E-state index contributed by atoms with van der Waals surface area (Å²) in [5.41, 5.74) is 0.618. The van der Waals surface area contributed by atoms with Crippen molar-refractivity contribution in [3.63, 3.8) is 0 Å². The minimum Gasteiger partial charge on any atom is -0.336 e. The van der Waals surface area contributed by atoms with Crippen molar-refractivity contribution in [2.24, 2.45) is 0 Å². The number of nitrogens with one attached hydrogen (secondary N) is 1. The Morgan fingerprint density at radius 3 is 2.77 bits per heavy atom.